The maximum atomic E-state index is 11.4. The van der Waals surface area contributed by atoms with Crippen LogP contribution in [0.1, 0.15) is 20.8 Å². The van der Waals surface area contributed by atoms with Crippen molar-refractivity contribution < 1.29 is 9.63 Å². The van der Waals surface area contributed by atoms with E-state index in [1.807, 2.05) is 24.3 Å². The number of carbonyl (C=O) groups excluding carboxylic acids is 1. The smallest absolute Gasteiger partial charge is 0.337 e. The average Bonchev–Trinajstić information content (AvgIpc) is 2.14. The van der Waals surface area contributed by atoms with E-state index in [1.54, 1.807) is 20.8 Å². The Labute approximate surface area is 97.9 Å². The summed E-state index contributed by atoms with van der Waals surface area (Å²) in [5, 5.41) is 0. The lowest BCUT2D eigenvalue weighted by Gasteiger charge is -2.16. The van der Waals surface area contributed by atoms with Crippen LogP contribution in [0.3, 0.4) is 0 Å². The molecule has 1 rings (SSSR count). The minimum atomic E-state index is -0.506. The monoisotopic (exact) mass is 271 g/mol. The maximum Gasteiger partial charge on any atom is 0.337 e. The molecule has 82 valence electrons. The first-order valence-corrected chi connectivity index (χ1v) is 5.42. The Kier molecular flexibility index (Phi) is 3.74. The van der Waals surface area contributed by atoms with Crippen molar-refractivity contribution in [1.82, 2.24) is 0 Å². The van der Waals surface area contributed by atoms with E-state index < -0.39 is 5.41 Å². The van der Waals surface area contributed by atoms with E-state index >= 15 is 0 Å². The van der Waals surface area contributed by atoms with E-state index in [0.717, 1.165) is 10.2 Å². The molecule has 1 aromatic rings. The molecule has 0 amide bonds. The molecule has 3 nitrogen and oxygen atoms in total. The third kappa shape index (κ3) is 3.55. The Bertz CT molecular complexity index is 358. The number of carbonyl (C=O) groups is 1. The lowest BCUT2D eigenvalue weighted by molar-refractivity contribution is -0.149. The van der Waals surface area contributed by atoms with Gasteiger partial charge in [0.05, 0.1) is 11.1 Å². The first-order chi connectivity index (χ1) is 6.91. The Hall–Kier alpha value is -1.03. The van der Waals surface area contributed by atoms with Gasteiger partial charge in [-0.1, -0.05) is 12.1 Å². The Morgan fingerprint density at radius 3 is 2.47 bits per heavy atom. The van der Waals surface area contributed by atoms with Crippen LogP contribution >= 0.6 is 15.9 Å². The number of anilines is 1. The summed E-state index contributed by atoms with van der Waals surface area (Å²) in [6.07, 6.45) is 0. The molecule has 0 heterocycles. The molecule has 15 heavy (non-hydrogen) atoms. The fraction of sp³-hybridized carbons (Fsp3) is 0.364. The van der Waals surface area contributed by atoms with Crippen molar-refractivity contribution in [2.45, 2.75) is 20.8 Å². The van der Waals surface area contributed by atoms with Gasteiger partial charge < -0.3 is 4.84 Å². The quantitative estimate of drug-likeness (QED) is 0.839. The van der Waals surface area contributed by atoms with E-state index in [1.165, 1.54) is 0 Å². The molecule has 0 aliphatic heterocycles. The highest BCUT2D eigenvalue weighted by Gasteiger charge is 2.23. The number of benzene rings is 1. The van der Waals surface area contributed by atoms with Gasteiger partial charge in [0.2, 0.25) is 0 Å². The van der Waals surface area contributed by atoms with E-state index in [-0.39, 0.29) is 5.97 Å². The highest BCUT2D eigenvalue weighted by atomic mass is 79.9. The van der Waals surface area contributed by atoms with Gasteiger partial charge in [0, 0.05) is 4.47 Å². The molecule has 0 aromatic heterocycles. The Morgan fingerprint density at radius 2 is 1.93 bits per heavy atom. The minimum Gasteiger partial charge on any atom is -0.343 e. The van der Waals surface area contributed by atoms with Gasteiger partial charge in [0.1, 0.15) is 0 Å². The summed E-state index contributed by atoms with van der Waals surface area (Å²) in [6, 6.07) is 7.44. The normalized spacial score (nSPS) is 10.9. The first kappa shape index (κ1) is 12.0. The molecule has 0 spiro atoms. The summed E-state index contributed by atoms with van der Waals surface area (Å²) in [6.45, 7) is 5.41. The lowest BCUT2D eigenvalue weighted by atomic mass is 9.98. The van der Waals surface area contributed by atoms with Crippen LogP contribution in [0.2, 0.25) is 0 Å². The van der Waals surface area contributed by atoms with Crippen LogP contribution in [0.4, 0.5) is 5.69 Å². The molecule has 0 aliphatic carbocycles. The second kappa shape index (κ2) is 4.66. The van der Waals surface area contributed by atoms with Crippen LogP contribution in [-0.2, 0) is 9.63 Å². The van der Waals surface area contributed by atoms with Gasteiger partial charge in [-0.2, -0.15) is 0 Å². The molecule has 0 saturated carbocycles. The minimum absolute atomic E-state index is 0.293. The van der Waals surface area contributed by atoms with Crippen molar-refractivity contribution in [2.24, 2.45) is 5.41 Å². The molecule has 0 bridgehead atoms. The Balaban J connectivity index is 2.59. The van der Waals surface area contributed by atoms with Gasteiger partial charge in [-0.25, -0.2) is 10.3 Å². The van der Waals surface area contributed by atoms with Gasteiger partial charge in [0.15, 0.2) is 0 Å². The molecule has 0 aliphatic rings. The van der Waals surface area contributed by atoms with Crippen LogP contribution in [0, 0.1) is 5.41 Å². The van der Waals surface area contributed by atoms with E-state index in [0.29, 0.717) is 0 Å². The highest BCUT2D eigenvalue weighted by Crippen LogP contribution is 2.22. The first-order valence-electron chi connectivity index (χ1n) is 4.63. The second-order valence-electron chi connectivity index (χ2n) is 4.22. The summed E-state index contributed by atoms with van der Waals surface area (Å²) in [5.74, 6) is -0.293. The molecule has 1 aromatic carbocycles. The van der Waals surface area contributed by atoms with Crippen molar-refractivity contribution in [1.29, 1.82) is 0 Å². The number of nitrogens with one attached hydrogen (secondary N) is 1. The third-order valence-electron chi connectivity index (χ3n) is 1.74. The SMILES string of the molecule is CC(C)(C)C(=O)ONc1ccccc1Br. The number of rotatable bonds is 2. The topological polar surface area (TPSA) is 38.3 Å². The molecular formula is C11H14BrNO2. The van der Waals surface area contributed by atoms with Crippen LogP contribution in [-0.4, -0.2) is 5.97 Å². The molecule has 0 saturated heterocycles. The molecule has 0 unspecified atom stereocenters. The molecule has 0 fully saturated rings. The van der Waals surface area contributed by atoms with Crippen molar-refractivity contribution >= 4 is 27.6 Å². The predicted octanol–water partition coefficient (Wildman–Crippen LogP) is 3.37. The summed E-state index contributed by atoms with van der Waals surface area (Å²) >= 11 is 3.34. The van der Waals surface area contributed by atoms with Gasteiger partial charge >= 0.3 is 5.97 Å². The van der Waals surface area contributed by atoms with E-state index in [9.17, 15) is 4.79 Å². The van der Waals surface area contributed by atoms with Crippen LogP contribution in [0.15, 0.2) is 28.7 Å². The maximum absolute atomic E-state index is 11.4. The summed E-state index contributed by atoms with van der Waals surface area (Å²) in [4.78, 5) is 16.4. The van der Waals surface area contributed by atoms with Gasteiger partial charge in [-0.3, -0.25) is 0 Å². The number of hydrogen-bond donors (Lipinski definition) is 1. The number of para-hydroxylation sites is 1. The lowest BCUT2D eigenvalue weighted by Crippen LogP contribution is -2.25. The average molecular weight is 272 g/mol. The summed E-state index contributed by atoms with van der Waals surface area (Å²) in [5.41, 5.74) is 2.85. The third-order valence-corrected chi connectivity index (χ3v) is 2.43. The van der Waals surface area contributed by atoms with Crippen LogP contribution in [0.25, 0.3) is 0 Å². The second-order valence-corrected chi connectivity index (χ2v) is 5.08. The van der Waals surface area contributed by atoms with Crippen LogP contribution in [0.5, 0.6) is 0 Å². The van der Waals surface area contributed by atoms with Crippen molar-refractivity contribution in [3.05, 3.63) is 28.7 Å². The van der Waals surface area contributed by atoms with Crippen molar-refractivity contribution in [3.63, 3.8) is 0 Å². The summed E-state index contributed by atoms with van der Waals surface area (Å²) < 4.78 is 0.853. The number of halogens is 1. The zero-order valence-electron chi connectivity index (χ0n) is 9.00. The van der Waals surface area contributed by atoms with E-state index in [4.69, 9.17) is 4.84 Å². The largest absolute Gasteiger partial charge is 0.343 e. The van der Waals surface area contributed by atoms with Gasteiger partial charge in [0.25, 0.3) is 0 Å². The number of hydrogen-bond acceptors (Lipinski definition) is 3. The van der Waals surface area contributed by atoms with Gasteiger partial charge in [-0.05, 0) is 48.8 Å². The standard InChI is InChI=1S/C11H14BrNO2/c1-11(2,3)10(14)15-13-9-7-5-4-6-8(9)12/h4-7,13H,1-3H3. The zero-order valence-corrected chi connectivity index (χ0v) is 10.6. The zero-order chi connectivity index (χ0) is 11.5. The molecule has 0 radical (unpaired) electrons. The fourth-order valence-corrected chi connectivity index (χ4v) is 1.16. The molecule has 4 heteroatoms. The van der Waals surface area contributed by atoms with Crippen LogP contribution < -0.4 is 5.48 Å². The molecule has 1 N–H and O–H groups in total. The van der Waals surface area contributed by atoms with Crippen molar-refractivity contribution in [3.8, 4) is 0 Å². The Morgan fingerprint density at radius 1 is 1.33 bits per heavy atom. The molecular weight excluding hydrogens is 258 g/mol. The van der Waals surface area contributed by atoms with E-state index in [2.05, 4.69) is 21.4 Å². The van der Waals surface area contributed by atoms with Gasteiger partial charge in [-0.15, -0.1) is 0 Å². The molecule has 0 atom stereocenters. The predicted molar refractivity (Wildman–Crippen MR) is 63.3 cm³/mol. The highest BCUT2D eigenvalue weighted by molar-refractivity contribution is 9.10. The fourth-order valence-electron chi connectivity index (χ4n) is 0.798. The summed E-state index contributed by atoms with van der Waals surface area (Å²) in [7, 11) is 0. The van der Waals surface area contributed by atoms with Crippen molar-refractivity contribution in [2.75, 3.05) is 5.48 Å².